The molecule has 16 heavy (non-hydrogen) atoms. The number of hydrogen-bond donors (Lipinski definition) is 0. The van der Waals surface area contributed by atoms with Gasteiger partial charge in [-0.1, -0.05) is 43.6 Å². The van der Waals surface area contributed by atoms with Gasteiger partial charge in [-0.25, -0.2) is 0 Å². The van der Waals surface area contributed by atoms with Crippen LogP contribution in [0, 0.1) is 5.41 Å². The third-order valence-electron chi connectivity index (χ3n) is 2.78. The van der Waals surface area contributed by atoms with E-state index in [1.54, 1.807) is 0 Å². The number of rotatable bonds is 7. The fourth-order valence-corrected chi connectivity index (χ4v) is 2.04. The summed E-state index contributed by atoms with van der Waals surface area (Å²) in [5.41, 5.74) is 2.99. The van der Waals surface area contributed by atoms with E-state index in [1.165, 1.54) is 24.0 Å². The highest BCUT2D eigenvalue weighted by molar-refractivity contribution is 5.24. The second-order valence-electron chi connectivity index (χ2n) is 5.32. The van der Waals surface area contributed by atoms with Gasteiger partial charge in [0.05, 0.1) is 0 Å². The first-order valence-corrected chi connectivity index (χ1v) is 6.17. The standard InChI is InChI=1S/C15H27N/c1-7-9-15(5,12-16-6)10-8-14(4)11-13(2)3/h8,11H,6-7,9-10,12H2,1-5H3/b14-8-. The summed E-state index contributed by atoms with van der Waals surface area (Å²) < 4.78 is 0. The van der Waals surface area contributed by atoms with Crippen molar-refractivity contribution in [1.29, 1.82) is 0 Å². The Balaban J connectivity index is 4.52. The Morgan fingerprint density at radius 2 is 1.94 bits per heavy atom. The molecule has 0 saturated heterocycles. The van der Waals surface area contributed by atoms with Crippen LogP contribution >= 0.6 is 0 Å². The topological polar surface area (TPSA) is 12.4 Å². The zero-order chi connectivity index (χ0) is 12.6. The minimum Gasteiger partial charge on any atom is -0.300 e. The molecule has 1 heteroatoms. The molecule has 1 atom stereocenters. The molecule has 0 aromatic heterocycles. The average molecular weight is 221 g/mol. The van der Waals surface area contributed by atoms with Gasteiger partial charge < -0.3 is 4.99 Å². The van der Waals surface area contributed by atoms with Crippen molar-refractivity contribution < 1.29 is 0 Å². The first-order chi connectivity index (χ1) is 7.43. The van der Waals surface area contributed by atoms with Crippen LogP contribution in [0.1, 0.15) is 53.9 Å². The number of allylic oxidation sites excluding steroid dienone is 4. The molecule has 0 aromatic carbocycles. The Kier molecular flexibility index (Phi) is 7.03. The van der Waals surface area contributed by atoms with Gasteiger partial charge in [-0.15, -0.1) is 0 Å². The summed E-state index contributed by atoms with van der Waals surface area (Å²) in [5, 5.41) is 0. The second kappa shape index (κ2) is 7.43. The van der Waals surface area contributed by atoms with Gasteiger partial charge in [0.25, 0.3) is 0 Å². The molecule has 0 aromatic rings. The van der Waals surface area contributed by atoms with E-state index in [0.717, 1.165) is 13.0 Å². The van der Waals surface area contributed by atoms with E-state index in [9.17, 15) is 0 Å². The smallest absolute Gasteiger partial charge is 0.0438 e. The lowest BCUT2D eigenvalue weighted by Crippen LogP contribution is -2.19. The molecule has 0 heterocycles. The van der Waals surface area contributed by atoms with Gasteiger partial charge in [-0.2, -0.15) is 0 Å². The molecule has 0 bridgehead atoms. The lowest BCUT2D eigenvalue weighted by molar-refractivity contribution is 0.310. The molecule has 0 N–H and O–H groups in total. The predicted octanol–water partition coefficient (Wildman–Crippen LogP) is 4.80. The molecule has 0 fully saturated rings. The minimum absolute atomic E-state index is 0.285. The quantitative estimate of drug-likeness (QED) is 0.433. The number of hydrogen-bond acceptors (Lipinski definition) is 1. The van der Waals surface area contributed by atoms with E-state index in [1.807, 2.05) is 0 Å². The first-order valence-electron chi connectivity index (χ1n) is 6.17. The Morgan fingerprint density at radius 3 is 2.38 bits per heavy atom. The van der Waals surface area contributed by atoms with Gasteiger partial charge in [0.1, 0.15) is 0 Å². The molecule has 0 rings (SSSR count). The Hall–Kier alpha value is -0.850. The van der Waals surface area contributed by atoms with Gasteiger partial charge in [-0.05, 0) is 45.7 Å². The van der Waals surface area contributed by atoms with E-state index in [2.05, 4.69) is 58.5 Å². The maximum atomic E-state index is 4.07. The minimum atomic E-state index is 0.285. The Bertz CT molecular complexity index is 269. The summed E-state index contributed by atoms with van der Waals surface area (Å²) in [6.07, 6.45) is 8.07. The summed E-state index contributed by atoms with van der Waals surface area (Å²) >= 11 is 0. The van der Waals surface area contributed by atoms with E-state index in [-0.39, 0.29) is 5.41 Å². The van der Waals surface area contributed by atoms with Crippen molar-refractivity contribution in [2.45, 2.75) is 53.9 Å². The molecule has 1 nitrogen and oxygen atoms in total. The van der Waals surface area contributed by atoms with Crippen LogP contribution in [0.25, 0.3) is 0 Å². The molecule has 1 unspecified atom stereocenters. The largest absolute Gasteiger partial charge is 0.300 e. The average Bonchev–Trinajstić information content (AvgIpc) is 2.15. The van der Waals surface area contributed by atoms with Crippen LogP contribution in [-0.2, 0) is 0 Å². The van der Waals surface area contributed by atoms with Crippen LogP contribution < -0.4 is 0 Å². The second-order valence-corrected chi connectivity index (χ2v) is 5.32. The molecule has 0 aliphatic rings. The Labute approximate surface area is 101 Å². The maximum Gasteiger partial charge on any atom is 0.0438 e. The van der Waals surface area contributed by atoms with Crippen LogP contribution in [0.5, 0.6) is 0 Å². The van der Waals surface area contributed by atoms with Crippen molar-refractivity contribution in [2.75, 3.05) is 6.54 Å². The molecule has 0 amide bonds. The maximum absolute atomic E-state index is 4.07. The lowest BCUT2D eigenvalue weighted by Gasteiger charge is -2.26. The highest BCUT2D eigenvalue weighted by Gasteiger charge is 2.20. The zero-order valence-electron chi connectivity index (χ0n) is 11.6. The molecule has 0 aliphatic carbocycles. The van der Waals surface area contributed by atoms with Gasteiger partial charge in [-0.3, -0.25) is 0 Å². The summed E-state index contributed by atoms with van der Waals surface area (Å²) in [7, 11) is 0. The molecule has 0 aliphatic heterocycles. The summed E-state index contributed by atoms with van der Waals surface area (Å²) in [5.74, 6) is 0. The van der Waals surface area contributed by atoms with Crippen LogP contribution in [-0.4, -0.2) is 13.3 Å². The molecule has 0 spiro atoms. The molecular weight excluding hydrogens is 194 g/mol. The van der Waals surface area contributed by atoms with E-state index < -0.39 is 0 Å². The summed E-state index contributed by atoms with van der Waals surface area (Å²) in [4.78, 5) is 4.07. The van der Waals surface area contributed by atoms with Crippen molar-refractivity contribution in [1.82, 2.24) is 0 Å². The molecule has 92 valence electrons. The molecule has 0 radical (unpaired) electrons. The van der Waals surface area contributed by atoms with Gasteiger partial charge in [0.2, 0.25) is 0 Å². The Morgan fingerprint density at radius 1 is 1.31 bits per heavy atom. The summed E-state index contributed by atoms with van der Waals surface area (Å²) in [6, 6.07) is 0. The lowest BCUT2D eigenvalue weighted by atomic mass is 9.82. The van der Waals surface area contributed by atoms with Crippen molar-refractivity contribution in [3.05, 3.63) is 23.3 Å². The third kappa shape index (κ3) is 6.60. The van der Waals surface area contributed by atoms with Gasteiger partial charge in [0, 0.05) is 6.54 Å². The van der Waals surface area contributed by atoms with Gasteiger partial charge >= 0.3 is 0 Å². The predicted molar refractivity (Wildman–Crippen MR) is 75.2 cm³/mol. The van der Waals surface area contributed by atoms with Crippen molar-refractivity contribution in [2.24, 2.45) is 10.4 Å². The molecule has 0 saturated carbocycles. The number of aliphatic imine (C=N–C) groups is 1. The zero-order valence-corrected chi connectivity index (χ0v) is 11.6. The van der Waals surface area contributed by atoms with Crippen molar-refractivity contribution in [3.8, 4) is 0 Å². The highest BCUT2D eigenvalue weighted by Crippen LogP contribution is 2.29. The van der Waals surface area contributed by atoms with Gasteiger partial charge in [0.15, 0.2) is 0 Å². The van der Waals surface area contributed by atoms with E-state index in [4.69, 9.17) is 0 Å². The van der Waals surface area contributed by atoms with Crippen LogP contribution in [0.15, 0.2) is 28.3 Å². The fraction of sp³-hybridized carbons (Fsp3) is 0.667. The summed E-state index contributed by atoms with van der Waals surface area (Å²) in [6.45, 7) is 15.4. The normalized spacial score (nSPS) is 15.4. The first kappa shape index (κ1) is 15.2. The SMILES string of the molecule is C=NCC(C)(C/C=C(/C)C=C(C)C)CCC. The van der Waals surface area contributed by atoms with Crippen molar-refractivity contribution in [3.63, 3.8) is 0 Å². The van der Waals surface area contributed by atoms with E-state index in [0.29, 0.717) is 0 Å². The number of nitrogens with zero attached hydrogens (tertiary/aromatic N) is 1. The van der Waals surface area contributed by atoms with Crippen LogP contribution in [0.3, 0.4) is 0 Å². The van der Waals surface area contributed by atoms with Crippen molar-refractivity contribution >= 4 is 6.72 Å². The molecular formula is C15H27N. The third-order valence-corrected chi connectivity index (χ3v) is 2.78. The fourth-order valence-electron chi connectivity index (χ4n) is 2.04. The highest BCUT2D eigenvalue weighted by atomic mass is 14.7. The van der Waals surface area contributed by atoms with Crippen LogP contribution in [0.4, 0.5) is 0 Å². The van der Waals surface area contributed by atoms with Crippen LogP contribution in [0.2, 0.25) is 0 Å². The monoisotopic (exact) mass is 221 g/mol. The van der Waals surface area contributed by atoms with E-state index >= 15 is 0 Å².